The maximum Gasteiger partial charge on any atom is 0.317 e. The molecule has 0 spiro atoms. The van der Waals surface area contributed by atoms with Crippen LogP contribution in [0.1, 0.15) is 35.8 Å². The third-order valence-electron chi connectivity index (χ3n) is 6.85. The predicted molar refractivity (Wildman–Crippen MR) is 126 cm³/mol. The van der Waals surface area contributed by atoms with Gasteiger partial charge in [-0.3, -0.25) is 19.2 Å². The maximum atomic E-state index is 13.1. The Morgan fingerprint density at radius 2 is 1.00 bits per heavy atom. The average molecular weight is 475 g/mol. The molecule has 4 rings (SSSR count). The van der Waals surface area contributed by atoms with Crippen LogP contribution in [0.5, 0.6) is 0 Å². The van der Waals surface area contributed by atoms with Crippen LogP contribution in [0.15, 0.2) is 85.0 Å². The molecule has 0 fully saturated rings. The van der Waals surface area contributed by atoms with Crippen molar-refractivity contribution in [1.82, 2.24) is 0 Å². The van der Waals surface area contributed by atoms with Gasteiger partial charge in [0.25, 0.3) is 0 Å². The van der Waals surface area contributed by atoms with Crippen molar-refractivity contribution in [2.24, 2.45) is 23.7 Å². The molecular formula is C28H26O7. The van der Waals surface area contributed by atoms with E-state index in [1.54, 1.807) is 72.8 Å². The third-order valence-corrected chi connectivity index (χ3v) is 6.85. The molecule has 6 atom stereocenters. The fraction of sp³-hybridized carbons (Fsp3) is 0.286. The molecule has 0 saturated heterocycles. The van der Waals surface area contributed by atoms with Gasteiger partial charge in [0, 0.05) is 11.8 Å². The molecule has 2 N–H and O–H groups in total. The highest BCUT2D eigenvalue weighted by Gasteiger charge is 2.45. The van der Waals surface area contributed by atoms with E-state index in [1.165, 1.54) is 0 Å². The van der Waals surface area contributed by atoms with Crippen LogP contribution in [-0.2, 0) is 23.9 Å². The molecule has 7 heteroatoms. The van der Waals surface area contributed by atoms with Gasteiger partial charge in [-0.15, -0.1) is 0 Å². The lowest BCUT2D eigenvalue weighted by Gasteiger charge is -2.33. The lowest BCUT2D eigenvalue weighted by molar-refractivity contribution is -0.173. The Kier molecular flexibility index (Phi) is 7.25. The number of carboxylic acids is 2. The van der Waals surface area contributed by atoms with Crippen molar-refractivity contribution < 1.29 is 34.1 Å². The minimum Gasteiger partial charge on any atom is -0.481 e. The molecule has 2 aliphatic rings. The summed E-state index contributed by atoms with van der Waals surface area (Å²) >= 11 is 0. The number of carboxylic acid groups (broad SMARTS) is 2. The molecule has 2 aromatic carbocycles. The second kappa shape index (κ2) is 10.5. The van der Waals surface area contributed by atoms with E-state index in [-0.39, 0.29) is 12.8 Å². The fourth-order valence-corrected chi connectivity index (χ4v) is 5.15. The zero-order valence-electron chi connectivity index (χ0n) is 18.9. The lowest BCUT2D eigenvalue weighted by Crippen LogP contribution is -2.41. The van der Waals surface area contributed by atoms with Crippen LogP contribution in [0, 0.1) is 23.7 Å². The van der Waals surface area contributed by atoms with Crippen LogP contribution in [0.4, 0.5) is 0 Å². The number of allylic oxidation sites excluding steroid dienone is 4. The van der Waals surface area contributed by atoms with E-state index in [0.29, 0.717) is 0 Å². The average Bonchev–Trinajstić information content (AvgIpc) is 2.88. The zero-order valence-corrected chi connectivity index (χ0v) is 18.9. The summed E-state index contributed by atoms with van der Waals surface area (Å²) < 4.78 is 5.19. The molecular weight excluding hydrogens is 448 g/mol. The molecule has 7 nitrogen and oxygen atoms in total. The Hall–Kier alpha value is -4.00. The number of carbonyl (C=O) groups excluding carboxylic acids is 2. The third kappa shape index (κ3) is 5.09. The summed E-state index contributed by atoms with van der Waals surface area (Å²) in [6.07, 6.45) is 7.20. The summed E-state index contributed by atoms with van der Waals surface area (Å²) in [5, 5.41) is 19.9. The summed E-state index contributed by atoms with van der Waals surface area (Å²) in [7, 11) is 0. The minimum atomic E-state index is -1.16. The van der Waals surface area contributed by atoms with Crippen LogP contribution < -0.4 is 0 Å². The Morgan fingerprint density at radius 3 is 1.34 bits per heavy atom. The molecule has 35 heavy (non-hydrogen) atoms. The SMILES string of the molecule is O=C(OC(=O)C1CC=CC(c2ccccc2)C1C(=O)O)C1CC=CC(c2ccccc2)C1C(=O)O. The van der Waals surface area contributed by atoms with Crippen molar-refractivity contribution in [3.63, 3.8) is 0 Å². The lowest BCUT2D eigenvalue weighted by atomic mass is 9.72. The maximum absolute atomic E-state index is 13.1. The van der Waals surface area contributed by atoms with E-state index in [0.717, 1.165) is 11.1 Å². The summed E-state index contributed by atoms with van der Waals surface area (Å²) in [6, 6.07) is 18.0. The number of carbonyl (C=O) groups is 4. The first kappa shape index (κ1) is 24.1. The van der Waals surface area contributed by atoms with Gasteiger partial charge in [0.2, 0.25) is 0 Å². The molecule has 0 amide bonds. The molecule has 0 aliphatic heterocycles. The molecule has 0 aromatic heterocycles. The number of esters is 2. The highest BCUT2D eigenvalue weighted by molar-refractivity contribution is 5.93. The van der Waals surface area contributed by atoms with Crippen molar-refractivity contribution in [2.75, 3.05) is 0 Å². The smallest absolute Gasteiger partial charge is 0.317 e. The van der Waals surface area contributed by atoms with E-state index in [1.807, 2.05) is 12.1 Å². The second-order valence-electron chi connectivity index (χ2n) is 8.88. The summed E-state index contributed by atoms with van der Waals surface area (Å²) in [5.74, 6) is -9.67. The number of hydrogen-bond acceptors (Lipinski definition) is 5. The number of aliphatic carboxylic acids is 2. The van der Waals surface area contributed by atoms with Crippen molar-refractivity contribution in [3.05, 3.63) is 96.1 Å². The Labute approximate surface area is 202 Å². The highest BCUT2D eigenvalue weighted by Crippen LogP contribution is 2.40. The molecule has 0 saturated carbocycles. The van der Waals surface area contributed by atoms with Gasteiger partial charge in [-0.05, 0) is 24.0 Å². The summed E-state index contributed by atoms with van der Waals surface area (Å²) in [5.41, 5.74) is 1.49. The first-order valence-electron chi connectivity index (χ1n) is 11.5. The first-order valence-corrected chi connectivity index (χ1v) is 11.5. The molecule has 2 aromatic rings. The van der Waals surface area contributed by atoms with Gasteiger partial charge in [0.15, 0.2) is 0 Å². The Bertz CT molecular complexity index is 1060. The molecule has 2 aliphatic carbocycles. The molecule has 0 radical (unpaired) electrons. The van der Waals surface area contributed by atoms with Gasteiger partial charge < -0.3 is 14.9 Å². The van der Waals surface area contributed by atoms with Crippen molar-refractivity contribution in [1.29, 1.82) is 0 Å². The molecule has 0 heterocycles. The van der Waals surface area contributed by atoms with Crippen LogP contribution in [0.3, 0.4) is 0 Å². The number of hydrogen-bond donors (Lipinski definition) is 2. The van der Waals surface area contributed by atoms with E-state index in [9.17, 15) is 29.4 Å². The quantitative estimate of drug-likeness (QED) is 0.366. The fourth-order valence-electron chi connectivity index (χ4n) is 5.15. The van der Waals surface area contributed by atoms with E-state index in [4.69, 9.17) is 4.74 Å². The summed E-state index contributed by atoms with van der Waals surface area (Å²) in [6.45, 7) is 0. The zero-order chi connectivity index (χ0) is 24.9. The number of ether oxygens (including phenoxy) is 1. The van der Waals surface area contributed by atoms with Gasteiger partial charge in [-0.2, -0.15) is 0 Å². The van der Waals surface area contributed by atoms with Crippen LogP contribution in [0.25, 0.3) is 0 Å². The largest absolute Gasteiger partial charge is 0.481 e. The second-order valence-corrected chi connectivity index (χ2v) is 8.88. The predicted octanol–water partition coefficient (Wildman–Crippen LogP) is 4.18. The van der Waals surface area contributed by atoms with Crippen LogP contribution in [-0.4, -0.2) is 34.1 Å². The van der Waals surface area contributed by atoms with E-state index < -0.39 is 59.4 Å². The number of benzene rings is 2. The molecule has 0 bridgehead atoms. The molecule has 6 unspecified atom stereocenters. The monoisotopic (exact) mass is 474 g/mol. The van der Waals surface area contributed by atoms with Gasteiger partial charge >= 0.3 is 23.9 Å². The normalized spacial score (nSPS) is 27.7. The molecule has 180 valence electrons. The Balaban J connectivity index is 1.54. The topological polar surface area (TPSA) is 118 Å². The summed E-state index contributed by atoms with van der Waals surface area (Å²) in [4.78, 5) is 50.5. The highest BCUT2D eigenvalue weighted by atomic mass is 16.6. The van der Waals surface area contributed by atoms with Gasteiger partial charge in [0.05, 0.1) is 23.7 Å². The van der Waals surface area contributed by atoms with Gasteiger partial charge in [0.1, 0.15) is 0 Å². The van der Waals surface area contributed by atoms with Crippen LogP contribution in [0.2, 0.25) is 0 Å². The van der Waals surface area contributed by atoms with Crippen molar-refractivity contribution in [2.45, 2.75) is 24.7 Å². The Morgan fingerprint density at radius 1 is 0.629 bits per heavy atom. The van der Waals surface area contributed by atoms with Crippen LogP contribution >= 0.6 is 0 Å². The van der Waals surface area contributed by atoms with E-state index >= 15 is 0 Å². The van der Waals surface area contributed by atoms with E-state index in [2.05, 4.69) is 0 Å². The standard InChI is InChI=1S/C28H26O7/c29-25(30)23-19(17-9-3-1-4-10-17)13-7-15-21(23)27(33)35-28(34)22-16-8-14-20(24(22)26(31)32)18-11-5-2-6-12-18/h1-14,19-24H,15-16H2,(H,29,30)(H,31,32). The van der Waals surface area contributed by atoms with Crippen molar-refractivity contribution in [3.8, 4) is 0 Å². The van der Waals surface area contributed by atoms with Gasteiger partial charge in [-0.1, -0.05) is 85.0 Å². The number of rotatable bonds is 6. The van der Waals surface area contributed by atoms with Crippen molar-refractivity contribution >= 4 is 23.9 Å². The minimum absolute atomic E-state index is 0.117. The van der Waals surface area contributed by atoms with Gasteiger partial charge in [-0.25, -0.2) is 0 Å². The first-order chi connectivity index (χ1) is 16.9.